The van der Waals surface area contributed by atoms with Gasteiger partial charge in [0.2, 0.25) is 0 Å². The maximum Gasteiger partial charge on any atom is -0.00201 e. The maximum absolute atomic E-state index is 2.39. The zero-order valence-electron chi connectivity index (χ0n) is 78.0. The van der Waals surface area contributed by atoms with Gasteiger partial charge in [0, 0.05) is 0 Å². The van der Waals surface area contributed by atoms with Crippen molar-refractivity contribution >= 4 is 151 Å². The number of hydrogen-bond acceptors (Lipinski definition) is 0. The van der Waals surface area contributed by atoms with E-state index in [1.165, 1.54) is 284 Å². The molecule has 0 spiro atoms. The van der Waals surface area contributed by atoms with Crippen LogP contribution in [0.3, 0.4) is 0 Å². The first-order valence-corrected chi connectivity index (χ1v) is 49.3. The van der Waals surface area contributed by atoms with Gasteiger partial charge in [0.25, 0.3) is 0 Å². The van der Waals surface area contributed by atoms with Gasteiger partial charge in [-0.3, -0.25) is 0 Å². The van der Waals surface area contributed by atoms with Crippen molar-refractivity contribution in [3.05, 3.63) is 546 Å². The number of benzene rings is 29. The minimum atomic E-state index is 1.23. The molecular formula is C142H90. The summed E-state index contributed by atoms with van der Waals surface area (Å²) in [7, 11) is 0. The minimum Gasteiger partial charge on any atom is -0.0622 e. The van der Waals surface area contributed by atoms with Gasteiger partial charge in [-0.15, -0.1) is 0 Å². The van der Waals surface area contributed by atoms with E-state index in [4.69, 9.17) is 0 Å². The third kappa shape index (κ3) is 14.0. The third-order valence-corrected chi connectivity index (χ3v) is 29.9. The van der Waals surface area contributed by atoms with Crippen LogP contribution in [0.4, 0.5) is 0 Å². The van der Waals surface area contributed by atoms with E-state index < -0.39 is 0 Å². The Bertz CT molecular complexity index is 9770. The molecule has 0 aliphatic carbocycles. The van der Waals surface area contributed by atoms with Gasteiger partial charge in [0.05, 0.1) is 0 Å². The molecule has 658 valence electrons. The molecule has 0 nitrogen and oxygen atoms in total. The van der Waals surface area contributed by atoms with Crippen molar-refractivity contribution in [3.8, 4) is 134 Å². The molecule has 0 aliphatic rings. The highest BCUT2D eigenvalue weighted by molar-refractivity contribution is 6.31. The van der Waals surface area contributed by atoms with Crippen LogP contribution in [0, 0.1) is 0 Å². The molecule has 0 aromatic heterocycles. The summed E-state index contributed by atoms with van der Waals surface area (Å²) < 4.78 is 0. The first kappa shape index (κ1) is 83.0. The molecule has 29 aromatic rings. The van der Waals surface area contributed by atoms with E-state index in [1.807, 2.05) is 0 Å². The molecule has 0 heteroatoms. The normalized spacial score (nSPS) is 11.7. The topological polar surface area (TPSA) is 0 Å². The standard InChI is InChI=1S/2C48H30.C46H30/c1-2-13-31(14-3-1)35-17-4-6-19-38(35)47-40-21-8-10-23-42(40)48(43-24-11-9-22-41(43)47)39-20-7-5-18-36(39)37-29-27-34-26-25-32-15-12-16-33-28-30-44(37)46(34)45(32)33;1-2-12-31(13-3-1)39-18-4-5-19-40(39)48-43-22-8-6-20-41(43)47(42-21-7-9-23-44(42)48)35-17-11-16-34(28-35)38-29-36-26-24-32-14-10-15-33-25-27-37(30-38)46(36)45(32)33;1-2-14-31(15-3-1)35-17-6-9-21-39(35)46-42-24-12-10-22-40(42)45(41-23-11-13-25-43(41)46)33-28-26-32(27-29-33)44-30-34-16-4-5-18-36(34)37-19-7-8-20-38(37)44/h2*1-30H;1-30H. The Morgan fingerprint density at radius 1 is 0.0775 bits per heavy atom. The average Bonchev–Trinajstić information content (AvgIpc) is 0.728. The summed E-state index contributed by atoms with van der Waals surface area (Å²) in [4.78, 5) is 0. The molecule has 29 aromatic carbocycles. The van der Waals surface area contributed by atoms with E-state index in [0.717, 1.165) is 0 Å². The van der Waals surface area contributed by atoms with Crippen molar-refractivity contribution in [2.45, 2.75) is 0 Å². The maximum atomic E-state index is 2.39. The Labute approximate surface area is 824 Å². The minimum absolute atomic E-state index is 1.23. The van der Waals surface area contributed by atoms with Crippen LogP contribution in [0.15, 0.2) is 546 Å². The van der Waals surface area contributed by atoms with Crippen LogP contribution < -0.4 is 0 Å². The fourth-order valence-electron chi connectivity index (χ4n) is 23.7. The van der Waals surface area contributed by atoms with Gasteiger partial charge in [-0.25, -0.2) is 0 Å². The molecule has 0 N–H and O–H groups in total. The average molecular weight is 1800 g/mol. The van der Waals surface area contributed by atoms with E-state index in [-0.39, 0.29) is 0 Å². The predicted molar refractivity (Wildman–Crippen MR) is 612 cm³/mol. The second kappa shape index (κ2) is 35.0. The van der Waals surface area contributed by atoms with Gasteiger partial charge in [0.15, 0.2) is 0 Å². The third-order valence-electron chi connectivity index (χ3n) is 29.9. The van der Waals surface area contributed by atoms with Gasteiger partial charge in [-0.1, -0.05) is 522 Å². The van der Waals surface area contributed by atoms with Crippen LogP contribution in [0.1, 0.15) is 0 Å². The van der Waals surface area contributed by atoms with Crippen molar-refractivity contribution in [1.29, 1.82) is 0 Å². The lowest BCUT2D eigenvalue weighted by atomic mass is 9.81. The van der Waals surface area contributed by atoms with E-state index in [2.05, 4.69) is 546 Å². The number of fused-ring (bicyclic) bond motifs is 9. The first-order valence-electron chi connectivity index (χ1n) is 49.3. The van der Waals surface area contributed by atoms with Gasteiger partial charge in [-0.05, 0) is 309 Å². The second-order valence-electron chi connectivity index (χ2n) is 37.6. The molecule has 0 atom stereocenters. The van der Waals surface area contributed by atoms with Crippen LogP contribution in [-0.4, -0.2) is 0 Å². The Hall–Kier alpha value is -18.5. The summed E-state index contributed by atoms with van der Waals surface area (Å²) in [5, 5.41) is 36.1. The van der Waals surface area contributed by atoms with Gasteiger partial charge in [0.1, 0.15) is 0 Å². The molecule has 0 unspecified atom stereocenters. The quantitative estimate of drug-likeness (QED) is 0.0845. The van der Waals surface area contributed by atoms with E-state index in [0.29, 0.717) is 0 Å². The molecule has 0 amide bonds. The van der Waals surface area contributed by atoms with Crippen molar-refractivity contribution in [2.75, 3.05) is 0 Å². The lowest BCUT2D eigenvalue weighted by Gasteiger charge is -2.21. The van der Waals surface area contributed by atoms with E-state index in [9.17, 15) is 0 Å². The largest absolute Gasteiger partial charge is 0.0622 e. The molecule has 0 saturated heterocycles. The molecule has 29 rings (SSSR count). The summed E-state index contributed by atoms with van der Waals surface area (Å²) in [6, 6.07) is 201. The second-order valence-corrected chi connectivity index (χ2v) is 37.6. The summed E-state index contributed by atoms with van der Waals surface area (Å²) in [6.45, 7) is 0. The Morgan fingerprint density at radius 2 is 0.331 bits per heavy atom. The predicted octanol–water partition coefficient (Wildman–Crippen LogP) is 40.1. The Morgan fingerprint density at radius 3 is 0.746 bits per heavy atom. The lowest BCUT2D eigenvalue weighted by Crippen LogP contribution is -1.94. The fraction of sp³-hybridized carbons (Fsp3) is 0. The molecule has 0 saturated carbocycles. The lowest BCUT2D eigenvalue weighted by molar-refractivity contribution is 1.60. The first-order chi connectivity index (χ1) is 70.5. The highest BCUT2D eigenvalue weighted by atomic mass is 14.3. The SMILES string of the molecule is c1ccc(-c2ccccc2-c2c3ccccc3c(-c3ccc(-c4cc5ccccc5c5ccccc45)cc3)c3ccccc23)cc1.c1ccc(-c2ccccc2-c2c3ccccc3c(-c3cccc(-c4cc5ccc6cccc7ccc(c4)c5c67)c3)c3ccccc23)cc1.c1ccc(-c2ccccc2-c2c3ccccc3c(-c3ccccc3-c3ccc4ccc5cccc6ccc3c4c56)c3ccccc23)cc1. The van der Waals surface area contributed by atoms with Crippen LogP contribution in [0.5, 0.6) is 0 Å². The molecule has 0 fully saturated rings. The monoisotopic (exact) mass is 1790 g/mol. The van der Waals surface area contributed by atoms with Crippen LogP contribution in [0.25, 0.3) is 284 Å². The van der Waals surface area contributed by atoms with Gasteiger partial charge in [-0.2, -0.15) is 0 Å². The molecule has 0 aliphatic heterocycles. The summed E-state index contributed by atoms with van der Waals surface area (Å²) in [5.41, 5.74) is 30.1. The van der Waals surface area contributed by atoms with Gasteiger partial charge < -0.3 is 0 Å². The molecule has 0 bridgehead atoms. The highest BCUT2D eigenvalue weighted by Crippen LogP contribution is 2.54. The molecule has 142 heavy (non-hydrogen) atoms. The number of hydrogen-bond donors (Lipinski definition) is 0. The molecule has 0 radical (unpaired) electrons. The highest BCUT2D eigenvalue weighted by Gasteiger charge is 2.27. The molecule has 0 heterocycles. The van der Waals surface area contributed by atoms with Crippen LogP contribution >= 0.6 is 0 Å². The van der Waals surface area contributed by atoms with Crippen LogP contribution in [-0.2, 0) is 0 Å². The van der Waals surface area contributed by atoms with Gasteiger partial charge >= 0.3 is 0 Å². The van der Waals surface area contributed by atoms with Crippen molar-refractivity contribution < 1.29 is 0 Å². The summed E-state index contributed by atoms with van der Waals surface area (Å²) in [5.74, 6) is 0. The zero-order chi connectivity index (χ0) is 93.7. The van der Waals surface area contributed by atoms with Crippen LogP contribution in [0.2, 0.25) is 0 Å². The summed E-state index contributed by atoms with van der Waals surface area (Å²) in [6.07, 6.45) is 0. The Balaban J connectivity index is 0.000000107. The van der Waals surface area contributed by atoms with Crippen molar-refractivity contribution in [3.63, 3.8) is 0 Å². The summed E-state index contributed by atoms with van der Waals surface area (Å²) >= 11 is 0. The van der Waals surface area contributed by atoms with Crippen molar-refractivity contribution in [2.24, 2.45) is 0 Å². The molecular weight excluding hydrogens is 1710 g/mol. The van der Waals surface area contributed by atoms with E-state index in [1.54, 1.807) is 0 Å². The van der Waals surface area contributed by atoms with Crippen molar-refractivity contribution in [1.82, 2.24) is 0 Å². The fourth-order valence-corrected chi connectivity index (χ4v) is 23.7. The van der Waals surface area contributed by atoms with E-state index >= 15 is 0 Å². The number of rotatable bonds is 12. The zero-order valence-corrected chi connectivity index (χ0v) is 78.0. The Kier molecular flexibility index (Phi) is 20.4. The smallest absolute Gasteiger partial charge is 0.00201 e.